The molecule has 0 bridgehead atoms. The second-order valence-corrected chi connectivity index (χ2v) is 7.73. The highest BCUT2D eigenvalue weighted by Crippen LogP contribution is 2.27. The van der Waals surface area contributed by atoms with Crippen LogP contribution in [0.4, 0.5) is 0 Å². The number of aryl methyl sites for hydroxylation is 2. The predicted molar refractivity (Wildman–Crippen MR) is 114 cm³/mol. The number of aromatic nitrogens is 3. The molecule has 3 aromatic heterocycles. The molecule has 0 saturated carbocycles. The van der Waals surface area contributed by atoms with Crippen LogP contribution in [-0.4, -0.2) is 20.5 Å². The van der Waals surface area contributed by atoms with Crippen molar-refractivity contribution in [3.63, 3.8) is 0 Å². The number of rotatable bonds is 6. The summed E-state index contributed by atoms with van der Waals surface area (Å²) in [6, 6.07) is 13.0. The fraction of sp³-hybridized carbons (Fsp3) is 0.182. The Kier molecular flexibility index (Phi) is 5.58. The third-order valence-electron chi connectivity index (χ3n) is 4.60. The van der Waals surface area contributed by atoms with Gasteiger partial charge < -0.3 is 14.0 Å². The maximum absolute atomic E-state index is 12.6. The van der Waals surface area contributed by atoms with Crippen molar-refractivity contribution in [1.29, 1.82) is 0 Å². The Morgan fingerprint density at radius 2 is 1.90 bits per heavy atom. The minimum Gasteiger partial charge on any atom is -0.487 e. The van der Waals surface area contributed by atoms with E-state index in [9.17, 15) is 9.59 Å². The largest absolute Gasteiger partial charge is 0.487 e. The molecule has 0 atom stereocenters. The number of ether oxygens (including phenoxy) is 2. The quantitative estimate of drug-likeness (QED) is 0.442. The molecular formula is C22H19N3O4S. The normalized spacial score (nSPS) is 10.9. The summed E-state index contributed by atoms with van der Waals surface area (Å²) in [5.74, 6) is 0.242. The van der Waals surface area contributed by atoms with Crippen LogP contribution in [0.15, 0.2) is 59.8 Å². The van der Waals surface area contributed by atoms with Gasteiger partial charge in [0, 0.05) is 13.2 Å². The van der Waals surface area contributed by atoms with E-state index in [0.717, 1.165) is 11.3 Å². The van der Waals surface area contributed by atoms with E-state index in [2.05, 4.69) is 9.97 Å². The molecule has 8 heteroatoms. The van der Waals surface area contributed by atoms with Crippen LogP contribution in [0.5, 0.6) is 5.75 Å². The minimum atomic E-state index is -0.465. The summed E-state index contributed by atoms with van der Waals surface area (Å²) in [6.45, 7) is 2.25. The van der Waals surface area contributed by atoms with Gasteiger partial charge in [-0.3, -0.25) is 9.78 Å². The van der Waals surface area contributed by atoms with Gasteiger partial charge in [0.05, 0.1) is 17.4 Å². The van der Waals surface area contributed by atoms with Crippen molar-refractivity contribution >= 4 is 27.5 Å². The molecule has 0 unspecified atom stereocenters. The molecule has 7 nitrogen and oxygen atoms in total. The zero-order chi connectivity index (χ0) is 21.1. The number of fused-ring (bicyclic) bond motifs is 1. The summed E-state index contributed by atoms with van der Waals surface area (Å²) in [5.41, 5.74) is 2.11. The SMILES string of the molecule is Cc1c(C(=O)OCc2ccc(OCc3ccccn3)cc2)sc2ncn(C)c(=O)c12. The molecule has 0 amide bonds. The van der Waals surface area contributed by atoms with Crippen molar-refractivity contribution in [2.75, 3.05) is 0 Å². The number of nitrogens with zero attached hydrogens (tertiary/aromatic N) is 3. The molecule has 0 saturated heterocycles. The molecule has 4 aromatic rings. The van der Waals surface area contributed by atoms with E-state index in [1.165, 1.54) is 22.2 Å². The number of benzene rings is 1. The Labute approximate surface area is 176 Å². The van der Waals surface area contributed by atoms with E-state index in [1.807, 2.05) is 42.5 Å². The third-order valence-corrected chi connectivity index (χ3v) is 5.78. The topological polar surface area (TPSA) is 83.3 Å². The number of esters is 1. The first-order valence-corrected chi connectivity index (χ1v) is 10.1. The Bertz CT molecular complexity index is 1250. The maximum Gasteiger partial charge on any atom is 0.349 e. The van der Waals surface area contributed by atoms with E-state index in [1.54, 1.807) is 20.2 Å². The van der Waals surface area contributed by atoms with E-state index in [4.69, 9.17) is 9.47 Å². The zero-order valence-electron chi connectivity index (χ0n) is 16.5. The lowest BCUT2D eigenvalue weighted by Gasteiger charge is -2.08. The number of carbonyl (C=O) groups excluding carboxylic acids is 1. The highest BCUT2D eigenvalue weighted by molar-refractivity contribution is 7.20. The molecule has 0 fully saturated rings. The summed E-state index contributed by atoms with van der Waals surface area (Å²) in [6.07, 6.45) is 3.18. The summed E-state index contributed by atoms with van der Waals surface area (Å²) < 4.78 is 12.6. The third kappa shape index (κ3) is 4.08. The van der Waals surface area contributed by atoms with Crippen LogP contribution in [0.1, 0.15) is 26.5 Å². The minimum absolute atomic E-state index is 0.123. The van der Waals surface area contributed by atoms with Gasteiger partial charge in [-0.15, -0.1) is 11.3 Å². The number of carbonyl (C=O) groups is 1. The monoisotopic (exact) mass is 421 g/mol. The molecule has 0 N–H and O–H groups in total. The molecule has 1 aromatic carbocycles. The average Bonchev–Trinajstić information content (AvgIpc) is 3.11. The fourth-order valence-electron chi connectivity index (χ4n) is 2.94. The zero-order valence-corrected chi connectivity index (χ0v) is 17.3. The molecule has 4 rings (SSSR count). The van der Waals surface area contributed by atoms with E-state index < -0.39 is 5.97 Å². The summed E-state index contributed by atoms with van der Waals surface area (Å²) >= 11 is 1.17. The Hall–Kier alpha value is -3.52. The van der Waals surface area contributed by atoms with Crippen LogP contribution in [0.2, 0.25) is 0 Å². The number of pyridine rings is 1. The number of hydrogen-bond donors (Lipinski definition) is 0. The molecule has 0 spiro atoms. The van der Waals surface area contributed by atoms with Crippen LogP contribution in [-0.2, 0) is 25.0 Å². The van der Waals surface area contributed by atoms with Gasteiger partial charge in [-0.2, -0.15) is 0 Å². The highest BCUT2D eigenvalue weighted by Gasteiger charge is 2.20. The van der Waals surface area contributed by atoms with E-state index in [0.29, 0.717) is 33.0 Å². The smallest absolute Gasteiger partial charge is 0.349 e. The lowest BCUT2D eigenvalue weighted by atomic mass is 10.2. The highest BCUT2D eigenvalue weighted by atomic mass is 32.1. The van der Waals surface area contributed by atoms with Gasteiger partial charge >= 0.3 is 5.97 Å². The molecular weight excluding hydrogens is 402 g/mol. The fourth-order valence-corrected chi connectivity index (χ4v) is 3.97. The molecule has 0 radical (unpaired) electrons. The van der Waals surface area contributed by atoms with Crippen molar-refractivity contribution in [3.8, 4) is 5.75 Å². The van der Waals surface area contributed by atoms with Crippen LogP contribution in [0.25, 0.3) is 10.2 Å². The van der Waals surface area contributed by atoms with Crippen LogP contribution in [0, 0.1) is 6.92 Å². The van der Waals surface area contributed by atoms with Crippen molar-refractivity contribution < 1.29 is 14.3 Å². The predicted octanol–water partition coefficient (Wildman–Crippen LogP) is 3.63. The van der Waals surface area contributed by atoms with Gasteiger partial charge in [0.2, 0.25) is 0 Å². The van der Waals surface area contributed by atoms with Gasteiger partial charge in [0.15, 0.2) is 0 Å². The summed E-state index contributed by atoms with van der Waals surface area (Å²) in [7, 11) is 1.63. The molecule has 0 aliphatic rings. The molecule has 30 heavy (non-hydrogen) atoms. The lowest BCUT2D eigenvalue weighted by Crippen LogP contribution is -2.16. The van der Waals surface area contributed by atoms with E-state index in [-0.39, 0.29) is 12.2 Å². The Balaban J connectivity index is 1.39. The standard InChI is InChI=1S/C22H19N3O4S/c1-14-18-20(24-13-25(2)21(18)26)30-19(14)22(27)29-11-15-6-8-17(9-7-15)28-12-16-5-3-4-10-23-16/h3-10,13H,11-12H2,1-2H3. The first kappa shape index (κ1) is 19.8. The van der Waals surface area contributed by atoms with Crippen LogP contribution in [0.3, 0.4) is 0 Å². The van der Waals surface area contributed by atoms with E-state index >= 15 is 0 Å². The first-order chi connectivity index (χ1) is 14.5. The van der Waals surface area contributed by atoms with Gasteiger partial charge in [0.1, 0.15) is 28.7 Å². The Morgan fingerprint density at radius 1 is 1.10 bits per heavy atom. The maximum atomic E-state index is 12.6. The molecule has 0 aliphatic carbocycles. The van der Waals surface area contributed by atoms with Gasteiger partial charge in [-0.25, -0.2) is 9.78 Å². The van der Waals surface area contributed by atoms with Crippen LogP contribution < -0.4 is 10.3 Å². The van der Waals surface area contributed by atoms with Gasteiger partial charge in [-0.1, -0.05) is 18.2 Å². The van der Waals surface area contributed by atoms with Crippen molar-refractivity contribution in [2.24, 2.45) is 7.05 Å². The number of hydrogen-bond acceptors (Lipinski definition) is 7. The van der Waals surface area contributed by atoms with Crippen molar-refractivity contribution in [3.05, 3.63) is 87.0 Å². The average molecular weight is 421 g/mol. The molecule has 3 heterocycles. The van der Waals surface area contributed by atoms with Crippen LogP contribution >= 0.6 is 11.3 Å². The summed E-state index contributed by atoms with van der Waals surface area (Å²) in [4.78, 5) is 34.2. The molecule has 0 aliphatic heterocycles. The number of thiophene rings is 1. The second-order valence-electron chi connectivity index (χ2n) is 6.73. The summed E-state index contributed by atoms with van der Waals surface area (Å²) in [5, 5.41) is 0.464. The lowest BCUT2D eigenvalue weighted by molar-refractivity contribution is 0.0478. The van der Waals surface area contributed by atoms with Gasteiger partial charge in [0.25, 0.3) is 5.56 Å². The molecule has 152 valence electrons. The Morgan fingerprint density at radius 3 is 2.63 bits per heavy atom. The second kappa shape index (κ2) is 8.46. The van der Waals surface area contributed by atoms with Crippen molar-refractivity contribution in [1.82, 2.24) is 14.5 Å². The van der Waals surface area contributed by atoms with Gasteiger partial charge in [-0.05, 0) is 42.3 Å². The first-order valence-electron chi connectivity index (χ1n) is 9.26. The van der Waals surface area contributed by atoms with Crippen molar-refractivity contribution in [2.45, 2.75) is 20.1 Å².